The van der Waals surface area contributed by atoms with Gasteiger partial charge in [-0.15, -0.1) is 0 Å². The first-order chi connectivity index (χ1) is 9.24. The maximum absolute atomic E-state index is 12.4. The van der Waals surface area contributed by atoms with Crippen LogP contribution in [0.4, 0.5) is 0 Å². The molecule has 0 aromatic carbocycles. The summed E-state index contributed by atoms with van der Waals surface area (Å²) in [4.78, 5) is 29.7. The summed E-state index contributed by atoms with van der Waals surface area (Å²) in [6.45, 7) is 3.63. The maximum atomic E-state index is 12.4. The van der Waals surface area contributed by atoms with E-state index >= 15 is 0 Å². The van der Waals surface area contributed by atoms with Gasteiger partial charge in [0.1, 0.15) is 6.04 Å². The first kappa shape index (κ1) is 13.5. The van der Waals surface area contributed by atoms with Gasteiger partial charge in [0, 0.05) is 32.0 Å². The maximum Gasteiger partial charge on any atom is 0.330 e. The molecule has 1 saturated heterocycles. The van der Waals surface area contributed by atoms with Gasteiger partial charge in [0.25, 0.3) is 5.91 Å². The summed E-state index contributed by atoms with van der Waals surface area (Å²) < 4.78 is 5.01. The molecule has 1 amide bonds. The highest BCUT2D eigenvalue weighted by molar-refractivity contribution is 5.96. The van der Waals surface area contributed by atoms with Crippen LogP contribution in [-0.4, -0.2) is 54.0 Å². The van der Waals surface area contributed by atoms with Crippen molar-refractivity contribution >= 4 is 11.9 Å². The lowest BCUT2D eigenvalue weighted by atomic mass is 10.1. The van der Waals surface area contributed by atoms with Crippen LogP contribution in [0.1, 0.15) is 17.3 Å². The fraction of sp³-hybridized carbons (Fsp3) is 0.462. The van der Waals surface area contributed by atoms with Gasteiger partial charge in [-0.1, -0.05) is 0 Å². The van der Waals surface area contributed by atoms with Gasteiger partial charge in [-0.25, -0.2) is 4.79 Å². The molecule has 19 heavy (non-hydrogen) atoms. The first-order valence-electron chi connectivity index (χ1n) is 6.32. The molecule has 1 aliphatic rings. The smallest absolute Gasteiger partial charge is 0.330 e. The third-order valence-electron chi connectivity index (χ3n) is 2.97. The number of carbonyl (C=O) groups is 2. The van der Waals surface area contributed by atoms with E-state index < -0.39 is 6.04 Å². The van der Waals surface area contributed by atoms with Crippen molar-refractivity contribution in [2.75, 3.05) is 26.2 Å². The van der Waals surface area contributed by atoms with Crippen molar-refractivity contribution in [1.82, 2.24) is 15.2 Å². The number of esters is 1. The predicted molar refractivity (Wildman–Crippen MR) is 68.6 cm³/mol. The van der Waals surface area contributed by atoms with Gasteiger partial charge in [0.2, 0.25) is 0 Å². The number of pyridine rings is 1. The minimum atomic E-state index is -0.568. The average molecular weight is 263 g/mol. The van der Waals surface area contributed by atoms with Gasteiger partial charge in [0.15, 0.2) is 0 Å². The number of ether oxygens (including phenoxy) is 1. The molecule has 2 rings (SSSR count). The van der Waals surface area contributed by atoms with Crippen LogP contribution in [-0.2, 0) is 9.53 Å². The number of hydrogen-bond donors (Lipinski definition) is 1. The molecule has 1 atom stereocenters. The van der Waals surface area contributed by atoms with Crippen molar-refractivity contribution in [3.05, 3.63) is 30.1 Å². The predicted octanol–water partition coefficient (Wildman–Crippen LogP) is 0.0587. The largest absolute Gasteiger partial charge is 0.464 e. The van der Waals surface area contributed by atoms with Crippen LogP contribution in [0.2, 0.25) is 0 Å². The molecular weight excluding hydrogens is 246 g/mol. The van der Waals surface area contributed by atoms with Crippen molar-refractivity contribution in [1.29, 1.82) is 0 Å². The summed E-state index contributed by atoms with van der Waals surface area (Å²) >= 11 is 0. The van der Waals surface area contributed by atoms with Crippen LogP contribution in [0.5, 0.6) is 0 Å². The lowest BCUT2D eigenvalue weighted by Crippen LogP contribution is -2.57. The van der Waals surface area contributed by atoms with Gasteiger partial charge in [-0.05, 0) is 19.1 Å². The van der Waals surface area contributed by atoms with E-state index in [9.17, 15) is 9.59 Å². The minimum absolute atomic E-state index is 0.187. The van der Waals surface area contributed by atoms with Crippen molar-refractivity contribution in [2.24, 2.45) is 0 Å². The lowest BCUT2D eigenvalue weighted by Gasteiger charge is -2.34. The summed E-state index contributed by atoms with van der Waals surface area (Å²) in [5.41, 5.74) is 0.485. The molecular formula is C13H17N3O3. The Morgan fingerprint density at radius 3 is 3.11 bits per heavy atom. The standard InChI is InChI=1S/C13H17N3O3/c1-2-19-13(18)11-9-15-6-7-16(11)12(17)10-4-3-5-14-8-10/h3-5,8,11,15H,2,6-7,9H2,1H3. The average Bonchev–Trinajstić information content (AvgIpc) is 2.47. The molecule has 6 nitrogen and oxygen atoms in total. The highest BCUT2D eigenvalue weighted by Crippen LogP contribution is 2.11. The van der Waals surface area contributed by atoms with Crippen molar-refractivity contribution in [3.63, 3.8) is 0 Å². The molecule has 1 unspecified atom stereocenters. The van der Waals surface area contributed by atoms with Gasteiger partial charge in [-0.2, -0.15) is 0 Å². The Morgan fingerprint density at radius 1 is 1.58 bits per heavy atom. The quantitative estimate of drug-likeness (QED) is 0.781. The van der Waals surface area contributed by atoms with E-state index in [4.69, 9.17) is 4.74 Å². The van der Waals surface area contributed by atoms with Crippen molar-refractivity contribution < 1.29 is 14.3 Å². The first-order valence-corrected chi connectivity index (χ1v) is 6.32. The number of piperazine rings is 1. The monoisotopic (exact) mass is 263 g/mol. The second-order valence-corrected chi connectivity index (χ2v) is 4.21. The number of amides is 1. The molecule has 1 aliphatic heterocycles. The zero-order valence-corrected chi connectivity index (χ0v) is 10.8. The Morgan fingerprint density at radius 2 is 2.42 bits per heavy atom. The molecule has 0 radical (unpaired) electrons. The van der Waals surface area contributed by atoms with Crippen LogP contribution in [0, 0.1) is 0 Å². The zero-order chi connectivity index (χ0) is 13.7. The number of nitrogens with zero attached hydrogens (tertiary/aromatic N) is 2. The van der Waals surface area contributed by atoms with Crippen LogP contribution < -0.4 is 5.32 Å². The van der Waals surface area contributed by atoms with E-state index in [0.29, 0.717) is 31.8 Å². The number of aromatic nitrogens is 1. The molecule has 1 aromatic rings. The Kier molecular flexibility index (Phi) is 4.46. The second kappa shape index (κ2) is 6.29. The van der Waals surface area contributed by atoms with Gasteiger partial charge < -0.3 is 15.0 Å². The van der Waals surface area contributed by atoms with Crippen LogP contribution in [0.3, 0.4) is 0 Å². The van der Waals surface area contributed by atoms with Crippen molar-refractivity contribution in [2.45, 2.75) is 13.0 Å². The van der Waals surface area contributed by atoms with E-state index in [-0.39, 0.29) is 11.9 Å². The fourth-order valence-corrected chi connectivity index (χ4v) is 2.05. The van der Waals surface area contributed by atoms with E-state index in [1.807, 2.05) is 0 Å². The van der Waals surface area contributed by atoms with E-state index in [0.717, 1.165) is 0 Å². The molecule has 0 aliphatic carbocycles. The Hall–Kier alpha value is -1.95. The topological polar surface area (TPSA) is 71.5 Å². The highest BCUT2D eigenvalue weighted by atomic mass is 16.5. The SMILES string of the molecule is CCOC(=O)C1CNCCN1C(=O)c1cccnc1. The molecule has 1 aromatic heterocycles. The lowest BCUT2D eigenvalue weighted by molar-refractivity contribution is -0.149. The molecule has 0 saturated carbocycles. The van der Waals surface area contributed by atoms with Gasteiger partial charge >= 0.3 is 5.97 Å². The molecule has 1 fully saturated rings. The van der Waals surface area contributed by atoms with Gasteiger partial charge in [0.05, 0.1) is 12.2 Å². The van der Waals surface area contributed by atoms with Crippen LogP contribution in [0.15, 0.2) is 24.5 Å². The molecule has 6 heteroatoms. The number of rotatable bonds is 3. The van der Waals surface area contributed by atoms with Gasteiger partial charge in [-0.3, -0.25) is 9.78 Å². The third kappa shape index (κ3) is 3.08. The van der Waals surface area contributed by atoms with Crippen LogP contribution >= 0.6 is 0 Å². The zero-order valence-electron chi connectivity index (χ0n) is 10.8. The van der Waals surface area contributed by atoms with E-state index in [1.54, 1.807) is 30.2 Å². The summed E-state index contributed by atoms with van der Waals surface area (Å²) in [5.74, 6) is -0.556. The van der Waals surface area contributed by atoms with Crippen LogP contribution in [0.25, 0.3) is 0 Å². The minimum Gasteiger partial charge on any atom is -0.464 e. The summed E-state index contributed by atoms with van der Waals surface area (Å²) in [6.07, 6.45) is 3.12. The Bertz CT molecular complexity index is 450. The summed E-state index contributed by atoms with van der Waals surface area (Å²) in [6, 6.07) is 2.83. The second-order valence-electron chi connectivity index (χ2n) is 4.21. The molecule has 2 heterocycles. The molecule has 1 N–H and O–H groups in total. The Balaban J connectivity index is 2.15. The fourth-order valence-electron chi connectivity index (χ4n) is 2.05. The van der Waals surface area contributed by atoms with Crippen molar-refractivity contribution in [3.8, 4) is 0 Å². The normalized spacial score (nSPS) is 19.0. The number of hydrogen-bond acceptors (Lipinski definition) is 5. The molecule has 0 bridgehead atoms. The highest BCUT2D eigenvalue weighted by Gasteiger charge is 2.33. The number of nitrogens with one attached hydrogen (secondary N) is 1. The summed E-state index contributed by atoms with van der Waals surface area (Å²) in [7, 11) is 0. The summed E-state index contributed by atoms with van der Waals surface area (Å²) in [5, 5.41) is 3.10. The molecule has 102 valence electrons. The van der Waals surface area contributed by atoms with E-state index in [2.05, 4.69) is 10.3 Å². The third-order valence-corrected chi connectivity index (χ3v) is 2.97. The Labute approximate surface area is 111 Å². The van der Waals surface area contributed by atoms with E-state index in [1.165, 1.54) is 6.20 Å². The number of carbonyl (C=O) groups excluding carboxylic acids is 2. The molecule has 0 spiro atoms.